The fourth-order valence-corrected chi connectivity index (χ4v) is 2.61. The predicted octanol–water partition coefficient (Wildman–Crippen LogP) is 6.07. The molecule has 24 heavy (non-hydrogen) atoms. The van der Waals surface area contributed by atoms with E-state index in [-0.39, 0.29) is 0 Å². The van der Waals surface area contributed by atoms with Crippen LogP contribution >= 0.6 is 11.6 Å². The number of nitrogens with zero attached hydrogens (tertiary/aromatic N) is 4. The fourth-order valence-electron chi connectivity index (χ4n) is 2.48. The molecule has 2 aromatic carbocycles. The van der Waals surface area contributed by atoms with Crippen molar-refractivity contribution in [2.45, 2.75) is 0 Å². The maximum Gasteiger partial charge on any atom is 0.187 e. The number of pyridine rings is 1. The molecule has 0 bridgehead atoms. The van der Waals surface area contributed by atoms with E-state index in [4.69, 9.17) is 16.6 Å². The molecule has 0 aliphatic rings. The molecule has 116 valence electrons. The van der Waals surface area contributed by atoms with Crippen LogP contribution in [0.4, 0.5) is 11.5 Å². The minimum Gasteiger partial charge on any atom is -0.283 e. The smallest absolute Gasteiger partial charge is 0.187 e. The topological polar surface area (TPSA) is 42.0 Å². The number of benzene rings is 2. The number of hydrogen-bond acceptors (Lipinski definition) is 3. The van der Waals surface area contributed by atoms with Crippen LogP contribution in [-0.2, 0) is 0 Å². The number of fused-ring (bicyclic) bond motifs is 1. The Morgan fingerprint density at radius 3 is 2.33 bits per heavy atom. The monoisotopic (exact) mass is 332 g/mol. The zero-order valence-electron chi connectivity index (χ0n) is 12.7. The quantitative estimate of drug-likeness (QED) is 0.420. The van der Waals surface area contributed by atoms with Crippen LogP contribution < -0.4 is 0 Å². The lowest BCUT2D eigenvalue weighted by Crippen LogP contribution is -1.81. The van der Waals surface area contributed by atoms with Gasteiger partial charge in [-0.1, -0.05) is 48.0 Å². The third-order valence-corrected chi connectivity index (χ3v) is 3.89. The first-order chi connectivity index (χ1) is 11.8. The number of imidazole rings is 1. The summed E-state index contributed by atoms with van der Waals surface area (Å²) in [5.41, 5.74) is 3.34. The number of halogens is 1. The highest BCUT2D eigenvalue weighted by molar-refractivity contribution is 6.30. The van der Waals surface area contributed by atoms with Crippen molar-refractivity contribution in [2.75, 3.05) is 0 Å². The van der Waals surface area contributed by atoms with Gasteiger partial charge in [0.1, 0.15) is 11.3 Å². The molecule has 0 atom stereocenters. The Kier molecular flexibility index (Phi) is 3.81. The lowest BCUT2D eigenvalue weighted by Gasteiger charge is -2.00. The van der Waals surface area contributed by atoms with Gasteiger partial charge in [-0.05, 0) is 36.4 Å². The molecule has 0 aliphatic heterocycles. The highest BCUT2D eigenvalue weighted by atomic mass is 35.5. The summed E-state index contributed by atoms with van der Waals surface area (Å²) in [4.78, 5) is 4.69. The molecule has 4 rings (SSSR count). The first-order valence-corrected chi connectivity index (χ1v) is 7.89. The molecule has 0 saturated carbocycles. The summed E-state index contributed by atoms with van der Waals surface area (Å²) in [6.07, 6.45) is 1.93. The van der Waals surface area contributed by atoms with Crippen molar-refractivity contribution in [1.82, 2.24) is 9.38 Å². The standard InChI is InChI=1S/C19H13ClN4/c20-15-11-9-14(10-12-15)18-19(23-22-16-6-2-1-3-7-16)24-13-5-4-8-17(24)21-18/h1-13H. The van der Waals surface area contributed by atoms with Crippen molar-refractivity contribution in [3.05, 3.63) is 84.0 Å². The van der Waals surface area contributed by atoms with Crippen LogP contribution in [0, 0.1) is 0 Å². The van der Waals surface area contributed by atoms with Gasteiger partial charge in [-0.15, -0.1) is 10.2 Å². The molecule has 0 spiro atoms. The average Bonchev–Trinajstić information content (AvgIpc) is 3.00. The summed E-state index contributed by atoms with van der Waals surface area (Å²) in [7, 11) is 0. The zero-order chi connectivity index (χ0) is 16.4. The van der Waals surface area contributed by atoms with Crippen LogP contribution in [0.1, 0.15) is 0 Å². The van der Waals surface area contributed by atoms with Gasteiger partial charge in [-0.2, -0.15) is 0 Å². The summed E-state index contributed by atoms with van der Waals surface area (Å²) in [6.45, 7) is 0. The molecule has 0 aliphatic carbocycles. The Labute approximate surface area is 144 Å². The lowest BCUT2D eigenvalue weighted by molar-refractivity contribution is 1.11. The summed E-state index contributed by atoms with van der Waals surface area (Å²) in [5.74, 6) is 0.691. The van der Waals surface area contributed by atoms with Gasteiger partial charge in [0.2, 0.25) is 0 Å². The Morgan fingerprint density at radius 2 is 1.54 bits per heavy atom. The van der Waals surface area contributed by atoms with E-state index in [0.29, 0.717) is 10.8 Å². The zero-order valence-corrected chi connectivity index (χ0v) is 13.4. The van der Waals surface area contributed by atoms with Gasteiger partial charge < -0.3 is 0 Å². The summed E-state index contributed by atoms with van der Waals surface area (Å²) >= 11 is 5.99. The lowest BCUT2D eigenvalue weighted by atomic mass is 10.1. The van der Waals surface area contributed by atoms with E-state index < -0.39 is 0 Å². The first kappa shape index (κ1) is 14.6. The maximum atomic E-state index is 5.99. The second-order valence-corrected chi connectivity index (χ2v) is 5.69. The van der Waals surface area contributed by atoms with Crippen molar-refractivity contribution in [3.8, 4) is 11.3 Å². The van der Waals surface area contributed by atoms with Gasteiger partial charge in [0.15, 0.2) is 5.82 Å². The molecule has 4 aromatic rings. The SMILES string of the molecule is Clc1ccc(-c2nc3ccccn3c2N=Nc2ccccc2)cc1. The van der Waals surface area contributed by atoms with E-state index in [0.717, 1.165) is 22.6 Å². The summed E-state index contributed by atoms with van der Waals surface area (Å²) in [5, 5.41) is 9.49. The van der Waals surface area contributed by atoms with Crippen molar-refractivity contribution in [2.24, 2.45) is 10.2 Å². The Bertz CT molecular complexity index is 1000. The van der Waals surface area contributed by atoms with E-state index in [2.05, 4.69) is 10.2 Å². The number of hydrogen-bond donors (Lipinski definition) is 0. The number of rotatable bonds is 3. The molecule has 0 N–H and O–H groups in total. The molecule has 2 heterocycles. The number of aromatic nitrogens is 2. The maximum absolute atomic E-state index is 5.99. The Morgan fingerprint density at radius 1 is 0.792 bits per heavy atom. The molecule has 2 aromatic heterocycles. The Hall–Kier alpha value is -2.98. The second kappa shape index (κ2) is 6.26. The molecular formula is C19H13ClN4. The highest BCUT2D eigenvalue weighted by Gasteiger charge is 2.13. The molecule has 0 fully saturated rings. The largest absolute Gasteiger partial charge is 0.283 e. The van der Waals surface area contributed by atoms with Crippen molar-refractivity contribution < 1.29 is 0 Å². The molecule has 0 radical (unpaired) electrons. The average molecular weight is 333 g/mol. The van der Waals surface area contributed by atoms with Gasteiger partial charge in [0, 0.05) is 16.8 Å². The normalized spacial score (nSPS) is 11.4. The second-order valence-electron chi connectivity index (χ2n) is 5.26. The molecule has 5 heteroatoms. The molecular weight excluding hydrogens is 320 g/mol. The third kappa shape index (κ3) is 2.79. The van der Waals surface area contributed by atoms with Gasteiger partial charge in [-0.3, -0.25) is 4.40 Å². The Balaban J connectivity index is 1.87. The highest BCUT2D eigenvalue weighted by Crippen LogP contribution is 2.32. The molecule has 0 amide bonds. The predicted molar refractivity (Wildman–Crippen MR) is 96.3 cm³/mol. The third-order valence-electron chi connectivity index (χ3n) is 3.64. The molecule has 4 nitrogen and oxygen atoms in total. The first-order valence-electron chi connectivity index (χ1n) is 7.51. The summed E-state index contributed by atoms with van der Waals surface area (Å²) in [6, 6.07) is 23.0. The van der Waals surface area contributed by atoms with Gasteiger partial charge in [-0.25, -0.2) is 4.98 Å². The minimum absolute atomic E-state index is 0.690. The fraction of sp³-hybridized carbons (Fsp3) is 0. The van der Waals surface area contributed by atoms with Gasteiger partial charge >= 0.3 is 0 Å². The van der Waals surface area contributed by atoms with Crippen molar-refractivity contribution in [1.29, 1.82) is 0 Å². The minimum atomic E-state index is 0.690. The van der Waals surface area contributed by atoms with Crippen LogP contribution in [0.3, 0.4) is 0 Å². The van der Waals surface area contributed by atoms with E-state index in [1.54, 1.807) is 0 Å². The number of azo groups is 1. The summed E-state index contributed by atoms with van der Waals surface area (Å²) < 4.78 is 1.93. The van der Waals surface area contributed by atoms with E-state index in [1.165, 1.54) is 0 Å². The van der Waals surface area contributed by atoms with E-state index >= 15 is 0 Å². The molecule has 0 unspecified atom stereocenters. The van der Waals surface area contributed by atoms with Crippen LogP contribution in [0.15, 0.2) is 89.2 Å². The van der Waals surface area contributed by atoms with Crippen LogP contribution in [-0.4, -0.2) is 9.38 Å². The van der Waals surface area contributed by atoms with Crippen molar-refractivity contribution in [3.63, 3.8) is 0 Å². The van der Waals surface area contributed by atoms with Crippen LogP contribution in [0.25, 0.3) is 16.9 Å². The van der Waals surface area contributed by atoms with Gasteiger partial charge in [0.05, 0.1) is 5.69 Å². The van der Waals surface area contributed by atoms with Gasteiger partial charge in [0.25, 0.3) is 0 Å². The van der Waals surface area contributed by atoms with E-state index in [9.17, 15) is 0 Å². The van der Waals surface area contributed by atoms with E-state index in [1.807, 2.05) is 83.4 Å². The molecule has 0 saturated heterocycles. The van der Waals surface area contributed by atoms with Crippen LogP contribution in [0.5, 0.6) is 0 Å². The van der Waals surface area contributed by atoms with Crippen molar-refractivity contribution >= 4 is 28.8 Å². The van der Waals surface area contributed by atoms with Crippen LogP contribution in [0.2, 0.25) is 5.02 Å².